The van der Waals surface area contributed by atoms with Crippen molar-refractivity contribution >= 4 is 23.2 Å². The van der Waals surface area contributed by atoms with Gasteiger partial charge in [0.15, 0.2) is 5.82 Å². The van der Waals surface area contributed by atoms with Crippen molar-refractivity contribution in [2.75, 3.05) is 12.4 Å². The lowest BCUT2D eigenvalue weighted by molar-refractivity contribution is -0.384. The predicted octanol–water partition coefficient (Wildman–Crippen LogP) is 2.00. The molecule has 0 aliphatic rings. The van der Waals surface area contributed by atoms with Crippen molar-refractivity contribution in [1.82, 2.24) is 9.78 Å². The maximum atomic E-state index is 13.7. The minimum Gasteiger partial charge on any atom is -0.465 e. The molecule has 2 rings (SSSR count). The van der Waals surface area contributed by atoms with Crippen LogP contribution in [0.25, 0.3) is 0 Å². The summed E-state index contributed by atoms with van der Waals surface area (Å²) in [6.07, 6.45) is 1.62. The Bertz CT molecular complexity index is 713. The second kappa shape index (κ2) is 5.57. The Balaban J connectivity index is 2.50. The topological polar surface area (TPSA) is 99.3 Å². The summed E-state index contributed by atoms with van der Waals surface area (Å²) in [4.78, 5) is 21.7. The van der Waals surface area contributed by atoms with Crippen molar-refractivity contribution < 1.29 is 18.8 Å². The monoisotopic (exact) mass is 294 g/mol. The molecule has 0 aliphatic heterocycles. The van der Waals surface area contributed by atoms with E-state index in [-0.39, 0.29) is 5.69 Å². The number of nitro groups is 1. The van der Waals surface area contributed by atoms with E-state index in [2.05, 4.69) is 15.2 Å². The molecule has 8 nitrogen and oxygen atoms in total. The molecule has 0 amide bonds. The fourth-order valence-electron chi connectivity index (χ4n) is 1.70. The number of aromatic nitrogens is 2. The highest BCUT2D eigenvalue weighted by Crippen LogP contribution is 2.30. The lowest BCUT2D eigenvalue weighted by atomic mass is 10.1. The van der Waals surface area contributed by atoms with Crippen LogP contribution in [-0.2, 0) is 11.8 Å². The van der Waals surface area contributed by atoms with Gasteiger partial charge in [-0.25, -0.2) is 9.18 Å². The molecular formula is C12H11FN4O4. The molecular weight excluding hydrogens is 283 g/mol. The minimum atomic E-state index is -1.03. The molecule has 0 atom stereocenters. The highest BCUT2D eigenvalue weighted by Gasteiger charge is 2.22. The van der Waals surface area contributed by atoms with Gasteiger partial charge in [-0.1, -0.05) is 0 Å². The third-order valence-electron chi connectivity index (χ3n) is 2.66. The summed E-state index contributed by atoms with van der Waals surface area (Å²) in [5, 5.41) is 17.6. The van der Waals surface area contributed by atoms with E-state index in [4.69, 9.17) is 0 Å². The molecule has 0 fully saturated rings. The van der Waals surface area contributed by atoms with Crippen LogP contribution < -0.4 is 5.32 Å². The number of esters is 1. The van der Waals surface area contributed by atoms with E-state index < -0.39 is 28.0 Å². The first-order chi connectivity index (χ1) is 9.92. The molecule has 21 heavy (non-hydrogen) atoms. The first-order valence-corrected chi connectivity index (χ1v) is 5.75. The third kappa shape index (κ3) is 2.96. The number of aryl methyl sites for hydroxylation is 1. The third-order valence-corrected chi connectivity index (χ3v) is 2.66. The van der Waals surface area contributed by atoms with E-state index in [1.165, 1.54) is 4.68 Å². The van der Waals surface area contributed by atoms with Gasteiger partial charge in [-0.05, 0) is 6.07 Å². The molecule has 0 spiro atoms. The molecule has 1 aromatic carbocycles. The standard InChI is InChI=1S/C12H11FN4O4/c1-16-4-3-11(15-16)14-9-5-7(12(18)21-2)8(13)6-10(9)17(19)20/h3-6H,1-2H3,(H,14,15). The van der Waals surface area contributed by atoms with E-state index in [1.807, 2.05) is 0 Å². The van der Waals surface area contributed by atoms with Gasteiger partial charge in [0.1, 0.15) is 11.5 Å². The highest BCUT2D eigenvalue weighted by atomic mass is 19.1. The van der Waals surface area contributed by atoms with Crippen LogP contribution in [0.5, 0.6) is 0 Å². The molecule has 1 heterocycles. The van der Waals surface area contributed by atoms with Gasteiger partial charge in [-0.2, -0.15) is 5.10 Å². The molecule has 0 radical (unpaired) electrons. The second-order valence-electron chi connectivity index (χ2n) is 4.10. The molecule has 110 valence electrons. The van der Waals surface area contributed by atoms with E-state index in [1.54, 1.807) is 19.3 Å². The van der Waals surface area contributed by atoms with Crippen molar-refractivity contribution in [2.45, 2.75) is 0 Å². The van der Waals surface area contributed by atoms with Crippen molar-refractivity contribution in [2.24, 2.45) is 7.05 Å². The molecule has 0 aliphatic carbocycles. The zero-order valence-electron chi connectivity index (χ0n) is 11.2. The van der Waals surface area contributed by atoms with Gasteiger partial charge in [-0.3, -0.25) is 14.8 Å². The first-order valence-electron chi connectivity index (χ1n) is 5.75. The number of carbonyl (C=O) groups is 1. The Hall–Kier alpha value is -2.97. The van der Waals surface area contributed by atoms with Crippen molar-refractivity contribution in [3.63, 3.8) is 0 Å². The summed E-state index contributed by atoms with van der Waals surface area (Å²) in [6, 6.07) is 3.26. The number of methoxy groups -OCH3 is 1. The fourth-order valence-corrected chi connectivity index (χ4v) is 1.70. The summed E-state index contributed by atoms with van der Waals surface area (Å²) >= 11 is 0. The molecule has 2 aromatic rings. The van der Waals surface area contributed by atoms with Gasteiger partial charge >= 0.3 is 5.97 Å². The minimum absolute atomic E-state index is 0.0551. The Labute approximate surface area is 118 Å². The first kappa shape index (κ1) is 14.4. The Morgan fingerprint density at radius 2 is 2.24 bits per heavy atom. The van der Waals surface area contributed by atoms with Gasteiger partial charge < -0.3 is 10.1 Å². The average molecular weight is 294 g/mol. The van der Waals surface area contributed by atoms with Crippen LogP contribution >= 0.6 is 0 Å². The normalized spacial score (nSPS) is 10.2. The number of anilines is 2. The van der Waals surface area contributed by atoms with E-state index in [9.17, 15) is 19.3 Å². The number of hydrogen-bond acceptors (Lipinski definition) is 6. The number of rotatable bonds is 4. The van der Waals surface area contributed by atoms with Crippen LogP contribution in [-0.4, -0.2) is 27.8 Å². The summed E-state index contributed by atoms with van der Waals surface area (Å²) < 4.78 is 19.6. The lowest BCUT2D eigenvalue weighted by Crippen LogP contribution is -2.07. The smallest absolute Gasteiger partial charge is 0.340 e. The number of ether oxygens (including phenoxy) is 1. The van der Waals surface area contributed by atoms with Gasteiger partial charge in [0.05, 0.1) is 23.7 Å². The number of benzene rings is 1. The fraction of sp³-hybridized carbons (Fsp3) is 0.167. The van der Waals surface area contributed by atoms with Crippen LogP contribution in [0.1, 0.15) is 10.4 Å². The number of carbonyl (C=O) groups excluding carboxylic acids is 1. The largest absolute Gasteiger partial charge is 0.465 e. The molecule has 0 saturated heterocycles. The molecule has 1 N–H and O–H groups in total. The van der Waals surface area contributed by atoms with E-state index in [0.717, 1.165) is 13.2 Å². The number of halogens is 1. The Morgan fingerprint density at radius 1 is 1.52 bits per heavy atom. The van der Waals surface area contributed by atoms with Crippen molar-refractivity contribution in [3.05, 3.63) is 45.9 Å². The summed E-state index contributed by atoms with van der Waals surface area (Å²) in [7, 11) is 2.76. The van der Waals surface area contributed by atoms with Gasteiger partial charge in [0, 0.05) is 19.3 Å². The van der Waals surface area contributed by atoms with Crippen molar-refractivity contribution in [1.29, 1.82) is 0 Å². The zero-order valence-corrected chi connectivity index (χ0v) is 11.2. The number of nitrogens with zero attached hydrogens (tertiary/aromatic N) is 3. The molecule has 0 bridgehead atoms. The van der Waals surface area contributed by atoms with Crippen LogP contribution in [0.3, 0.4) is 0 Å². The predicted molar refractivity (Wildman–Crippen MR) is 70.9 cm³/mol. The Kier molecular flexibility index (Phi) is 3.83. The molecule has 9 heteroatoms. The van der Waals surface area contributed by atoms with Crippen LogP contribution in [0.4, 0.5) is 21.6 Å². The second-order valence-corrected chi connectivity index (χ2v) is 4.10. The molecule has 1 aromatic heterocycles. The number of nitrogens with one attached hydrogen (secondary N) is 1. The van der Waals surface area contributed by atoms with E-state index in [0.29, 0.717) is 11.9 Å². The van der Waals surface area contributed by atoms with E-state index >= 15 is 0 Å². The van der Waals surface area contributed by atoms with Gasteiger partial charge in [0.2, 0.25) is 0 Å². The lowest BCUT2D eigenvalue weighted by Gasteiger charge is -2.07. The van der Waals surface area contributed by atoms with Crippen molar-refractivity contribution in [3.8, 4) is 0 Å². The number of hydrogen-bond donors (Lipinski definition) is 1. The SMILES string of the molecule is COC(=O)c1cc(Nc2ccn(C)n2)c([N+](=O)[O-])cc1F. The van der Waals surface area contributed by atoms with Gasteiger partial charge in [0.25, 0.3) is 5.69 Å². The summed E-state index contributed by atoms with van der Waals surface area (Å²) in [5.74, 6) is -1.63. The van der Waals surface area contributed by atoms with Crippen LogP contribution in [0, 0.1) is 15.9 Å². The van der Waals surface area contributed by atoms with Gasteiger partial charge in [-0.15, -0.1) is 0 Å². The number of nitro benzene ring substituents is 1. The summed E-state index contributed by atoms with van der Waals surface area (Å²) in [5.41, 5.74) is -0.965. The van der Waals surface area contributed by atoms with Crippen LogP contribution in [0.2, 0.25) is 0 Å². The zero-order chi connectivity index (χ0) is 15.6. The maximum absolute atomic E-state index is 13.7. The maximum Gasteiger partial charge on any atom is 0.340 e. The molecule has 0 saturated carbocycles. The quantitative estimate of drug-likeness (QED) is 0.526. The Morgan fingerprint density at radius 3 is 2.76 bits per heavy atom. The average Bonchev–Trinajstić information content (AvgIpc) is 2.84. The van der Waals surface area contributed by atoms with Crippen LogP contribution in [0.15, 0.2) is 24.4 Å². The highest BCUT2D eigenvalue weighted by molar-refractivity contribution is 5.92. The summed E-state index contributed by atoms with van der Waals surface area (Å²) in [6.45, 7) is 0. The molecule has 0 unspecified atom stereocenters.